The Morgan fingerprint density at radius 3 is 2.31 bits per heavy atom. The summed E-state index contributed by atoms with van der Waals surface area (Å²) in [7, 11) is 1.35. The van der Waals surface area contributed by atoms with Gasteiger partial charge in [-0.05, 0) is 42.3 Å². The molecule has 160 valence electrons. The molecule has 32 heavy (non-hydrogen) atoms. The zero-order valence-electron chi connectivity index (χ0n) is 17.9. The molecule has 0 saturated heterocycles. The minimum absolute atomic E-state index is 0.236. The quantitative estimate of drug-likeness (QED) is 0.444. The fraction of sp³-hybridized carbons (Fsp3) is 0.115. The summed E-state index contributed by atoms with van der Waals surface area (Å²) in [6.07, 6.45) is 0. The van der Waals surface area contributed by atoms with Gasteiger partial charge < -0.3 is 10.1 Å². The van der Waals surface area contributed by atoms with E-state index in [1.54, 1.807) is 22.9 Å². The number of carbonyl (C=O) groups is 2. The molecule has 0 aliphatic rings. The van der Waals surface area contributed by atoms with Crippen molar-refractivity contribution >= 4 is 17.6 Å². The van der Waals surface area contributed by atoms with Crippen molar-refractivity contribution in [2.45, 2.75) is 13.5 Å². The largest absolute Gasteiger partial charge is 0.465 e. The van der Waals surface area contributed by atoms with Crippen molar-refractivity contribution in [1.29, 1.82) is 0 Å². The molecule has 0 saturated carbocycles. The maximum atomic E-state index is 13.2. The third-order valence-corrected chi connectivity index (χ3v) is 5.18. The standard InChI is InChI=1S/C26H23N3O3/c1-18-8-6-7-11-22(18)27-25(30)24-16-23(20-9-4-3-5-10-20)28-29(24)17-19-12-14-21(15-13-19)26(31)32-2/h3-16H,17H2,1-2H3,(H,27,30). The molecule has 0 fully saturated rings. The monoisotopic (exact) mass is 425 g/mol. The van der Waals surface area contributed by atoms with Gasteiger partial charge in [-0.1, -0.05) is 60.7 Å². The molecule has 6 heteroatoms. The Balaban J connectivity index is 1.67. The molecule has 0 aliphatic carbocycles. The second-order valence-corrected chi connectivity index (χ2v) is 7.40. The Morgan fingerprint density at radius 1 is 0.938 bits per heavy atom. The first-order chi connectivity index (χ1) is 15.5. The van der Waals surface area contributed by atoms with Crippen molar-refractivity contribution in [3.05, 3.63) is 107 Å². The lowest BCUT2D eigenvalue weighted by atomic mass is 10.1. The molecule has 0 atom stereocenters. The SMILES string of the molecule is COC(=O)c1ccc(Cn2nc(-c3ccccc3)cc2C(=O)Nc2ccccc2C)cc1. The third-order valence-electron chi connectivity index (χ3n) is 5.18. The van der Waals surface area contributed by atoms with Gasteiger partial charge in [-0.25, -0.2) is 4.79 Å². The highest BCUT2D eigenvalue weighted by Gasteiger charge is 2.18. The molecule has 0 unspecified atom stereocenters. The van der Waals surface area contributed by atoms with Crippen LogP contribution in [-0.4, -0.2) is 28.8 Å². The van der Waals surface area contributed by atoms with Crippen LogP contribution in [0.5, 0.6) is 0 Å². The zero-order chi connectivity index (χ0) is 22.5. The van der Waals surface area contributed by atoms with E-state index >= 15 is 0 Å². The van der Waals surface area contributed by atoms with Gasteiger partial charge >= 0.3 is 5.97 Å². The first kappa shape index (κ1) is 21.1. The highest BCUT2D eigenvalue weighted by molar-refractivity contribution is 6.04. The molecule has 1 heterocycles. The van der Waals surface area contributed by atoms with Crippen LogP contribution in [-0.2, 0) is 11.3 Å². The van der Waals surface area contributed by atoms with Crippen molar-refractivity contribution in [2.24, 2.45) is 0 Å². The minimum Gasteiger partial charge on any atom is -0.465 e. The molecule has 0 spiro atoms. The number of rotatable bonds is 6. The van der Waals surface area contributed by atoms with Gasteiger partial charge in [0.1, 0.15) is 5.69 Å². The number of anilines is 1. The summed E-state index contributed by atoms with van der Waals surface area (Å²) in [4.78, 5) is 24.9. The summed E-state index contributed by atoms with van der Waals surface area (Å²) in [6.45, 7) is 2.33. The number of methoxy groups -OCH3 is 1. The topological polar surface area (TPSA) is 73.2 Å². The predicted molar refractivity (Wildman–Crippen MR) is 124 cm³/mol. The number of benzene rings is 3. The van der Waals surface area contributed by atoms with Crippen LogP contribution in [0.4, 0.5) is 5.69 Å². The van der Waals surface area contributed by atoms with Gasteiger partial charge in [-0.15, -0.1) is 0 Å². The number of hydrogen-bond donors (Lipinski definition) is 1. The van der Waals surface area contributed by atoms with Gasteiger partial charge in [-0.3, -0.25) is 9.48 Å². The summed E-state index contributed by atoms with van der Waals surface area (Å²) < 4.78 is 6.44. The predicted octanol–water partition coefficient (Wildman–Crippen LogP) is 4.95. The normalized spacial score (nSPS) is 10.6. The lowest BCUT2D eigenvalue weighted by Crippen LogP contribution is -2.18. The van der Waals surface area contributed by atoms with Crippen LogP contribution in [0.3, 0.4) is 0 Å². The van der Waals surface area contributed by atoms with E-state index in [-0.39, 0.29) is 11.9 Å². The average molecular weight is 425 g/mol. The first-order valence-corrected chi connectivity index (χ1v) is 10.2. The highest BCUT2D eigenvalue weighted by atomic mass is 16.5. The molecular weight excluding hydrogens is 402 g/mol. The van der Waals surface area contributed by atoms with E-state index in [2.05, 4.69) is 5.32 Å². The van der Waals surface area contributed by atoms with Crippen molar-refractivity contribution in [1.82, 2.24) is 9.78 Å². The lowest BCUT2D eigenvalue weighted by molar-refractivity contribution is 0.0600. The Bertz CT molecular complexity index is 1250. The van der Waals surface area contributed by atoms with E-state index in [9.17, 15) is 9.59 Å². The number of nitrogens with one attached hydrogen (secondary N) is 1. The number of aromatic nitrogens is 2. The average Bonchev–Trinajstić information content (AvgIpc) is 3.25. The summed E-state index contributed by atoms with van der Waals surface area (Å²) in [5.41, 5.74) is 5.21. The summed E-state index contributed by atoms with van der Waals surface area (Å²) in [5, 5.41) is 7.69. The van der Waals surface area contributed by atoms with E-state index in [0.717, 1.165) is 22.4 Å². The van der Waals surface area contributed by atoms with Crippen molar-refractivity contribution in [3.63, 3.8) is 0 Å². The van der Waals surface area contributed by atoms with Crippen molar-refractivity contribution in [2.75, 3.05) is 12.4 Å². The van der Waals surface area contributed by atoms with Crippen LogP contribution in [0, 0.1) is 6.92 Å². The summed E-state index contributed by atoms with van der Waals surface area (Å²) in [5.74, 6) is -0.625. The first-order valence-electron chi connectivity index (χ1n) is 10.2. The van der Waals surface area contributed by atoms with E-state index in [4.69, 9.17) is 9.84 Å². The van der Waals surface area contributed by atoms with Gasteiger partial charge in [0.05, 0.1) is 24.9 Å². The fourth-order valence-corrected chi connectivity index (χ4v) is 3.41. The van der Waals surface area contributed by atoms with Gasteiger partial charge in [0.2, 0.25) is 0 Å². The number of hydrogen-bond acceptors (Lipinski definition) is 4. The summed E-state index contributed by atoms with van der Waals surface area (Å²) in [6, 6.07) is 26.2. The van der Waals surface area contributed by atoms with Crippen LogP contribution in [0.15, 0.2) is 84.9 Å². The molecule has 0 radical (unpaired) electrons. The molecule has 6 nitrogen and oxygen atoms in total. The van der Waals surface area contributed by atoms with E-state index in [1.807, 2.05) is 73.7 Å². The molecular formula is C26H23N3O3. The number of aryl methyl sites for hydroxylation is 1. The molecule has 4 aromatic rings. The molecule has 0 bridgehead atoms. The Hall–Kier alpha value is -4.19. The Kier molecular flexibility index (Phi) is 6.12. The number of esters is 1. The van der Waals surface area contributed by atoms with Crippen molar-refractivity contribution < 1.29 is 14.3 Å². The summed E-state index contributed by atoms with van der Waals surface area (Å²) >= 11 is 0. The maximum Gasteiger partial charge on any atom is 0.337 e. The van der Waals surface area contributed by atoms with Crippen LogP contribution in [0.1, 0.15) is 32.0 Å². The van der Waals surface area contributed by atoms with Crippen LogP contribution in [0.25, 0.3) is 11.3 Å². The molecule has 1 aromatic heterocycles. The number of amides is 1. The number of ether oxygens (including phenoxy) is 1. The van der Waals surface area contributed by atoms with Crippen molar-refractivity contribution in [3.8, 4) is 11.3 Å². The van der Waals surface area contributed by atoms with E-state index < -0.39 is 0 Å². The van der Waals surface area contributed by atoms with Gasteiger partial charge in [-0.2, -0.15) is 5.10 Å². The zero-order valence-corrected chi connectivity index (χ0v) is 17.9. The number of para-hydroxylation sites is 1. The number of nitrogens with zero attached hydrogens (tertiary/aromatic N) is 2. The molecule has 1 amide bonds. The van der Waals surface area contributed by atoms with Crippen LogP contribution < -0.4 is 5.32 Å². The van der Waals surface area contributed by atoms with E-state index in [1.165, 1.54) is 7.11 Å². The second kappa shape index (κ2) is 9.31. The Labute approximate surface area is 186 Å². The lowest BCUT2D eigenvalue weighted by Gasteiger charge is -2.10. The van der Waals surface area contributed by atoms with Gasteiger partial charge in [0, 0.05) is 11.3 Å². The highest BCUT2D eigenvalue weighted by Crippen LogP contribution is 2.22. The molecule has 3 aromatic carbocycles. The van der Waals surface area contributed by atoms with Gasteiger partial charge in [0.15, 0.2) is 0 Å². The smallest absolute Gasteiger partial charge is 0.337 e. The van der Waals surface area contributed by atoms with Crippen LogP contribution in [0.2, 0.25) is 0 Å². The van der Waals surface area contributed by atoms with Crippen LogP contribution >= 0.6 is 0 Å². The molecule has 4 rings (SSSR count). The molecule has 1 N–H and O–H groups in total. The Morgan fingerprint density at radius 2 is 1.62 bits per heavy atom. The minimum atomic E-state index is -0.389. The van der Waals surface area contributed by atoms with E-state index in [0.29, 0.717) is 23.5 Å². The third kappa shape index (κ3) is 4.59. The number of carbonyl (C=O) groups excluding carboxylic acids is 2. The second-order valence-electron chi connectivity index (χ2n) is 7.40. The molecule has 0 aliphatic heterocycles. The maximum absolute atomic E-state index is 13.2. The fourth-order valence-electron chi connectivity index (χ4n) is 3.41. The van der Waals surface area contributed by atoms with Gasteiger partial charge in [0.25, 0.3) is 5.91 Å².